The Kier molecular flexibility index (Phi) is 2.87. The van der Waals surface area contributed by atoms with Gasteiger partial charge in [-0.05, 0) is 19.8 Å². The summed E-state index contributed by atoms with van der Waals surface area (Å²) in [6.45, 7) is 1.77. The summed E-state index contributed by atoms with van der Waals surface area (Å²) in [4.78, 5) is 10.8. The molecule has 1 saturated carbocycles. The van der Waals surface area contributed by atoms with Gasteiger partial charge in [0, 0.05) is 6.08 Å². The highest BCUT2D eigenvalue weighted by Gasteiger charge is 2.61. The maximum Gasteiger partial charge on any atom is 0.397 e. The summed E-state index contributed by atoms with van der Waals surface area (Å²) in [6, 6.07) is 0. The number of rotatable bonds is 3. The molecule has 0 amide bonds. The molecule has 0 unspecified atom stereocenters. The number of carbonyl (C=O) groups excluding carboxylic acids is 1. The number of hydrogen-bond donors (Lipinski definition) is 0. The van der Waals surface area contributed by atoms with Crippen LogP contribution < -0.4 is 0 Å². The summed E-state index contributed by atoms with van der Waals surface area (Å²) in [5.74, 6) is -0.719. The molecule has 0 spiro atoms. The highest BCUT2D eigenvalue weighted by molar-refractivity contribution is 5.82. The van der Waals surface area contributed by atoms with Crippen molar-refractivity contribution in [2.45, 2.75) is 25.9 Å². The lowest BCUT2D eigenvalue weighted by molar-refractivity contribution is -0.171. The molecule has 0 N–H and O–H groups in total. The summed E-state index contributed by atoms with van der Waals surface area (Å²) in [5.41, 5.74) is -1.76. The second-order valence-electron chi connectivity index (χ2n) is 3.24. The molecule has 2 nitrogen and oxygen atoms in total. The van der Waals surface area contributed by atoms with Gasteiger partial charge in [-0.3, -0.25) is 0 Å². The highest BCUT2D eigenvalue weighted by atomic mass is 19.4. The molecule has 0 aromatic carbocycles. The molecule has 1 fully saturated rings. The van der Waals surface area contributed by atoms with E-state index in [0.29, 0.717) is 0 Å². The maximum atomic E-state index is 12.3. The number of halogens is 3. The molecule has 0 aromatic rings. The SMILES string of the molecule is CCOC(=O)/C=C/C1(C(F)(F)F)CC1. The zero-order valence-corrected chi connectivity index (χ0v) is 7.73. The van der Waals surface area contributed by atoms with Gasteiger partial charge >= 0.3 is 12.1 Å². The van der Waals surface area contributed by atoms with E-state index >= 15 is 0 Å². The lowest BCUT2D eigenvalue weighted by Crippen LogP contribution is -2.22. The van der Waals surface area contributed by atoms with Crippen molar-refractivity contribution in [2.24, 2.45) is 5.41 Å². The largest absolute Gasteiger partial charge is 0.463 e. The predicted molar refractivity (Wildman–Crippen MR) is 43.5 cm³/mol. The smallest absolute Gasteiger partial charge is 0.397 e. The first-order chi connectivity index (χ1) is 6.41. The fourth-order valence-corrected chi connectivity index (χ4v) is 1.10. The molecule has 1 aliphatic rings. The highest BCUT2D eigenvalue weighted by Crippen LogP contribution is 2.58. The second kappa shape index (κ2) is 3.63. The van der Waals surface area contributed by atoms with Crippen molar-refractivity contribution in [3.63, 3.8) is 0 Å². The van der Waals surface area contributed by atoms with E-state index < -0.39 is 17.6 Å². The van der Waals surface area contributed by atoms with E-state index in [9.17, 15) is 18.0 Å². The van der Waals surface area contributed by atoms with Crippen LogP contribution in [0.1, 0.15) is 19.8 Å². The quantitative estimate of drug-likeness (QED) is 0.526. The number of alkyl halides is 3. The fraction of sp³-hybridized carbons (Fsp3) is 0.667. The minimum Gasteiger partial charge on any atom is -0.463 e. The Labute approximate surface area is 79.7 Å². The molecule has 80 valence electrons. The summed E-state index contributed by atoms with van der Waals surface area (Å²) < 4.78 is 41.5. The van der Waals surface area contributed by atoms with Crippen molar-refractivity contribution < 1.29 is 22.7 Å². The topological polar surface area (TPSA) is 26.3 Å². The third-order valence-corrected chi connectivity index (χ3v) is 2.18. The molecule has 5 heteroatoms. The van der Waals surface area contributed by atoms with E-state index in [1.807, 2.05) is 0 Å². The molecule has 0 bridgehead atoms. The van der Waals surface area contributed by atoms with Gasteiger partial charge in [0.15, 0.2) is 0 Å². The lowest BCUT2D eigenvalue weighted by Gasteiger charge is -2.13. The van der Waals surface area contributed by atoms with Crippen molar-refractivity contribution in [3.8, 4) is 0 Å². The minimum absolute atomic E-state index is 0.0619. The van der Waals surface area contributed by atoms with Crippen LogP contribution in [-0.4, -0.2) is 18.8 Å². The Morgan fingerprint density at radius 1 is 1.50 bits per heavy atom. The summed E-state index contributed by atoms with van der Waals surface area (Å²) in [5, 5.41) is 0. The third-order valence-electron chi connectivity index (χ3n) is 2.18. The van der Waals surface area contributed by atoms with Crippen LogP contribution in [0.25, 0.3) is 0 Å². The summed E-state index contributed by atoms with van der Waals surface area (Å²) >= 11 is 0. The van der Waals surface area contributed by atoms with E-state index in [-0.39, 0.29) is 19.4 Å². The van der Waals surface area contributed by atoms with Gasteiger partial charge in [-0.2, -0.15) is 13.2 Å². The van der Waals surface area contributed by atoms with Crippen molar-refractivity contribution in [3.05, 3.63) is 12.2 Å². The first-order valence-corrected chi connectivity index (χ1v) is 4.34. The van der Waals surface area contributed by atoms with Crippen molar-refractivity contribution >= 4 is 5.97 Å². The number of hydrogen-bond acceptors (Lipinski definition) is 2. The predicted octanol–water partition coefficient (Wildman–Crippen LogP) is 2.45. The molecule has 1 aliphatic carbocycles. The Balaban J connectivity index is 2.56. The molecular formula is C9H11F3O2. The second-order valence-corrected chi connectivity index (χ2v) is 3.24. The fourth-order valence-electron chi connectivity index (χ4n) is 1.10. The molecule has 1 rings (SSSR count). The lowest BCUT2D eigenvalue weighted by atomic mass is 10.1. The van der Waals surface area contributed by atoms with E-state index in [1.54, 1.807) is 6.92 Å². The van der Waals surface area contributed by atoms with Gasteiger partial charge in [0.25, 0.3) is 0 Å². The van der Waals surface area contributed by atoms with E-state index in [2.05, 4.69) is 4.74 Å². The summed E-state index contributed by atoms with van der Waals surface area (Å²) in [7, 11) is 0. The van der Waals surface area contributed by atoms with Crippen molar-refractivity contribution in [2.75, 3.05) is 6.61 Å². The van der Waals surface area contributed by atoms with E-state index in [0.717, 1.165) is 12.2 Å². The van der Waals surface area contributed by atoms with Gasteiger partial charge in [0.2, 0.25) is 0 Å². The maximum absolute atomic E-state index is 12.3. The Hall–Kier alpha value is -1.00. The minimum atomic E-state index is -4.25. The molecule has 0 aromatic heterocycles. The standard InChI is InChI=1S/C9H11F3O2/c1-2-14-7(13)3-4-8(5-6-8)9(10,11)12/h3-4H,2,5-6H2,1H3/b4-3+. The normalized spacial score (nSPS) is 19.7. The molecular weight excluding hydrogens is 197 g/mol. The summed E-state index contributed by atoms with van der Waals surface area (Å²) in [6.07, 6.45) is -2.36. The third kappa shape index (κ3) is 2.27. The molecule has 0 saturated heterocycles. The number of esters is 1. The molecule has 0 aliphatic heterocycles. The van der Waals surface area contributed by atoms with Crippen LogP contribution in [0.15, 0.2) is 12.2 Å². The zero-order chi connectivity index (χ0) is 10.8. The number of ether oxygens (including phenoxy) is 1. The average Bonchev–Trinajstić information content (AvgIpc) is 2.80. The van der Waals surface area contributed by atoms with Crippen LogP contribution >= 0.6 is 0 Å². The Bertz CT molecular complexity index is 251. The van der Waals surface area contributed by atoms with Gasteiger partial charge < -0.3 is 4.74 Å². The first-order valence-electron chi connectivity index (χ1n) is 4.34. The van der Waals surface area contributed by atoms with Crippen LogP contribution in [0.5, 0.6) is 0 Å². The Morgan fingerprint density at radius 2 is 2.07 bits per heavy atom. The van der Waals surface area contributed by atoms with E-state index in [4.69, 9.17) is 0 Å². The van der Waals surface area contributed by atoms with Crippen LogP contribution in [0, 0.1) is 5.41 Å². The number of carbonyl (C=O) groups is 1. The molecule has 0 heterocycles. The van der Waals surface area contributed by atoms with E-state index in [1.165, 1.54) is 0 Å². The van der Waals surface area contributed by atoms with Gasteiger partial charge in [-0.25, -0.2) is 4.79 Å². The van der Waals surface area contributed by atoms with Gasteiger partial charge in [-0.1, -0.05) is 6.08 Å². The van der Waals surface area contributed by atoms with Crippen molar-refractivity contribution in [1.82, 2.24) is 0 Å². The monoisotopic (exact) mass is 208 g/mol. The van der Waals surface area contributed by atoms with Gasteiger partial charge in [0.05, 0.1) is 12.0 Å². The molecule has 0 atom stereocenters. The zero-order valence-electron chi connectivity index (χ0n) is 7.73. The van der Waals surface area contributed by atoms with Crippen molar-refractivity contribution in [1.29, 1.82) is 0 Å². The van der Waals surface area contributed by atoms with Gasteiger partial charge in [0.1, 0.15) is 0 Å². The molecule has 14 heavy (non-hydrogen) atoms. The number of allylic oxidation sites excluding steroid dienone is 1. The van der Waals surface area contributed by atoms with Crippen LogP contribution in [0.2, 0.25) is 0 Å². The van der Waals surface area contributed by atoms with Crippen LogP contribution in [0.4, 0.5) is 13.2 Å². The van der Waals surface area contributed by atoms with Crippen LogP contribution in [0.3, 0.4) is 0 Å². The first kappa shape index (κ1) is 11.1. The Morgan fingerprint density at radius 3 is 2.43 bits per heavy atom. The van der Waals surface area contributed by atoms with Crippen LogP contribution in [-0.2, 0) is 9.53 Å². The molecule has 0 radical (unpaired) electrons. The van der Waals surface area contributed by atoms with Gasteiger partial charge in [-0.15, -0.1) is 0 Å². The average molecular weight is 208 g/mol.